The monoisotopic (exact) mass is 452 g/mol. The molecular weight excluding hydrogens is 424 g/mol. The van der Waals surface area contributed by atoms with Crippen LogP contribution in [0.2, 0.25) is 0 Å². The summed E-state index contributed by atoms with van der Waals surface area (Å²) >= 11 is 0. The van der Waals surface area contributed by atoms with Crippen LogP contribution in [0.5, 0.6) is 17.2 Å². The first kappa shape index (κ1) is 22.6. The number of aromatic hydroxyl groups is 1. The maximum atomic E-state index is 12.7. The molecule has 0 saturated carbocycles. The van der Waals surface area contributed by atoms with Gasteiger partial charge in [0.05, 0.1) is 12.0 Å². The molecule has 2 amide bonds. The first-order valence-corrected chi connectivity index (χ1v) is 11.1. The van der Waals surface area contributed by atoms with Gasteiger partial charge in [0.15, 0.2) is 12.4 Å². The topological polar surface area (TPSA) is 105 Å². The molecule has 0 aliphatic carbocycles. The van der Waals surface area contributed by atoms with E-state index >= 15 is 0 Å². The van der Waals surface area contributed by atoms with E-state index < -0.39 is 5.60 Å². The highest BCUT2D eigenvalue weighted by Gasteiger charge is 2.43. The van der Waals surface area contributed by atoms with Gasteiger partial charge in [-0.15, -0.1) is 0 Å². The van der Waals surface area contributed by atoms with Crippen LogP contribution in [0.1, 0.15) is 42.1 Å². The first-order chi connectivity index (χ1) is 15.8. The van der Waals surface area contributed by atoms with Gasteiger partial charge in [-0.1, -0.05) is 12.1 Å². The van der Waals surface area contributed by atoms with Crippen molar-refractivity contribution in [3.8, 4) is 17.2 Å². The summed E-state index contributed by atoms with van der Waals surface area (Å²) in [7, 11) is 0. The number of carbonyl (C=O) groups excluding carboxylic acids is 3. The number of Topliss-reactive ketones (excluding diaryl/α,β-unsaturated/α-hetero) is 1. The standard InChI is InChI=1S/C25H28N2O6/c1-17(28)27-12-9-25(10-13-27)15-22(30)21-7-6-20(14-23(21)33-25)32-16-24(31)26-11-8-18-2-4-19(29)5-3-18/h2-7,14,29H,8-13,15-16H2,1H3,(H,26,31). The van der Waals surface area contributed by atoms with Crippen LogP contribution in [-0.2, 0) is 16.0 Å². The number of ether oxygens (including phenoxy) is 2. The number of hydrogen-bond donors (Lipinski definition) is 2. The van der Waals surface area contributed by atoms with Gasteiger partial charge >= 0.3 is 0 Å². The lowest BCUT2D eigenvalue weighted by Gasteiger charge is -2.43. The van der Waals surface area contributed by atoms with Crippen LogP contribution in [0, 0.1) is 0 Å². The summed E-state index contributed by atoms with van der Waals surface area (Å²) < 4.78 is 11.9. The number of rotatable bonds is 6. The summed E-state index contributed by atoms with van der Waals surface area (Å²) in [5.74, 6) is 0.924. The van der Waals surface area contributed by atoms with Gasteiger partial charge in [0.2, 0.25) is 5.91 Å². The third-order valence-corrected chi connectivity index (χ3v) is 6.22. The summed E-state index contributed by atoms with van der Waals surface area (Å²) in [6, 6.07) is 11.8. The maximum absolute atomic E-state index is 12.7. The predicted octanol–water partition coefficient (Wildman–Crippen LogP) is 2.48. The number of fused-ring (bicyclic) bond motifs is 1. The van der Waals surface area contributed by atoms with Gasteiger partial charge in [-0.05, 0) is 36.2 Å². The Morgan fingerprint density at radius 3 is 2.58 bits per heavy atom. The van der Waals surface area contributed by atoms with E-state index in [0.29, 0.717) is 62.4 Å². The number of amides is 2. The van der Waals surface area contributed by atoms with E-state index in [4.69, 9.17) is 9.47 Å². The molecule has 174 valence electrons. The molecule has 0 bridgehead atoms. The number of carbonyl (C=O) groups is 3. The van der Waals surface area contributed by atoms with Crippen molar-refractivity contribution in [3.05, 3.63) is 53.6 Å². The quantitative estimate of drug-likeness (QED) is 0.698. The fourth-order valence-electron chi connectivity index (χ4n) is 4.28. The largest absolute Gasteiger partial charge is 0.508 e. The third-order valence-electron chi connectivity index (χ3n) is 6.22. The van der Waals surface area contributed by atoms with E-state index in [1.54, 1.807) is 42.2 Å². The Balaban J connectivity index is 1.30. The zero-order chi connectivity index (χ0) is 23.4. The van der Waals surface area contributed by atoms with Crippen molar-refractivity contribution in [2.45, 2.75) is 38.2 Å². The molecule has 2 aromatic rings. The number of ketones is 1. The predicted molar refractivity (Wildman–Crippen MR) is 121 cm³/mol. The third kappa shape index (κ3) is 5.45. The highest BCUT2D eigenvalue weighted by atomic mass is 16.5. The molecule has 0 aromatic heterocycles. The molecule has 1 spiro atoms. The normalized spacial score (nSPS) is 16.6. The summed E-state index contributed by atoms with van der Waals surface area (Å²) in [6.45, 7) is 2.99. The number of phenols is 1. The lowest BCUT2D eigenvalue weighted by atomic mass is 9.82. The zero-order valence-electron chi connectivity index (χ0n) is 18.6. The van der Waals surface area contributed by atoms with Gasteiger partial charge in [-0.25, -0.2) is 0 Å². The number of nitrogens with zero attached hydrogens (tertiary/aromatic N) is 1. The minimum Gasteiger partial charge on any atom is -0.508 e. The first-order valence-electron chi connectivity index (χ1n) is 11.1. The Bertz CT molecular complexity index is 1040. The number of hydrogen-bond acceptors (Lipinski definition) is 6. The van der Waals surface area contributed by atoms with Gasteiger partial charge in [0.1, 0.15) is 22.8 Å². The molecule has 2 aliphatic heterocycles. The van der Waals surface area contributed by atoms with Crippen LogP contribution in [0.4, 0.5) is 0 Å². The fourth-order valence-corrected chi connectivity index (χ4v) is 4.28. The Labute approximate surface area is 192 Å². The minimum atomic E-state index is -0.597. The van der Waals surface area contributed by atoms with Crippen molar-refractivity contribution in [3.63, 3.8) is 0 Å². The SMILES string of the molecule is CC(=O)N1CCC2(CC1)CC(=O)c1ccc(OCC(=O)NCCc3ccc(O)cc3)cc1O2. The Morgan fingerprint density at radius 2 is 1.88 bits per heavy atom. The van der Waals surface area contributed by atoms with Crippen molar-refractivity contribution >= 4 is 17.6 Å². The van der Waals surface area contributed by atoms with Crippen LogP contribution in [0.25, 0.3) is 0 Å². The number of nitrogens with one attached hydrogen (secondary N) is 1. The molecule has 2 heterocycles. The fraction of sp³-hybridized carbons (Fsp3) is 0.400. The van der Waals surface area contributed by atoms with Crippen molar-refractivity contribution in [1.29, 1.82) is 0 Å². The molecule has 2 aliphatic rings. The molecule has 0 unspecified atom stereocenters. The van der Waals surface area contributed by atoms with E-state index in [0.717, 1.165) is 5.56 Å². The van der Waals surface area contributed by atoms with Crippen LogP contribution in [-0.4, -0.2) is 59.4 Å². The lowest BCUT2D eigenvalue weighted by Crippen LogP contribution is -2.51. The molecule has 33 heavy (non-hydrogen) atoms. The summed E-state index contributed by atoms with van der Waals surface area (Å²) in [6.07, 6.45) is 2.15. The molecule has 1 saturated heterocycles. The molecule has 2 aromatic carbocycles. The minimum absolute atomic E-state index is 0.0195. The van der Waals surface area contributed by atoms with Crippen molar-refractivity contribution < 1.29 is 29.0 Å². The van der Waals surface area contributed by atoms with Gasteiger partial charge in [-0.3, -0.25) is 14.4 Å². The molecule has 0 atom stereocenters. The number of piperidine rings is 1. The van der Waals surface area contributed by atoms with Crippen LogP contribution < -0.4 is 14.8 Å². The summed E-state index contributed by atoms with van der Waals surface area (Å²) in [5.41, 5.74) is 0.925. The van der Waals surface area contributed by atoms with E-state index in [1.165, 1.54) is 0 Å². The van der Waals surface area contributed by atoms with E-state index in [9.17, 15) is 19.5 Å². The highest BCUT2D eigenvalue weighted by molar-refractivity contribution is 6.00. The van der Waals surface area contributed by atoms with Gasteiger partial charge in [0.25, 0.3) is 5.91 Å². The van der Waals surface area contributed by atoms with E-state index in [2.05, 4.69) is 5.32 Å². The maximum Gasteiger partial charge on any atom is 0.257 e. The van der Waals surface area contributed by atoms with E-state index in [-0.39, 0.29) is 30.0 Å². The molecular formula is C25H28N2O6. The molecule has 4 rings (SSSR count). The van der Waals surface area contributed by atoms with Gasteiger partial charge < -0.3 is 24.8 Å². The second-order valence-corrected chi connectivity index (χ2v) is 8.60. The molecule has 8 nitrogen and oxygen atoms in total. The van der Waals surface area contributed by atoms with E-state index in [1.807, 2.05) is 12.1 Å². The number of phenolic OH excluding ortho intramolecular Hbond substituents is 1. The van der Waals surface area contributed by atoms with Crippen molar-refractivity contribution in [1.82, 2.24) is 10.2 Å². The number of likely N-dealkylation sites (tertiary alicyclic amines) is 1. The highest BCUT2D eigenvalue weighted by Crippen LogP contribution is 2.40. The average Bonchev–Trinajstić information content (AvgIpc) is 2.79. The van der Waals surface area contributed by atoms with Crippen molar-refractivity contribution in [2.75, 3.05) is 26.2 Å². The van der Waals surface area contributed by atoms with Crippen LogP contribution in [0.3, 0.4) is 0 Å². The smallest absolute Gasteiger partial charge is 0.257 e. The van der Waals surface area contributed by atoms with Gasteiger partial charge in [0, 0.05) is 45.5 Å². The molecule has 0 radical (unpaired) electrons. The van der Waals surface area contributed by atoms with Crippen LogP contribution in [0.15, 0.2) is 42.5 Å². The number of benzene rings is 2. The lowest BCUT2D eigenvalue weighted by molar-refractivity contribution is -0.132. The average molecular weight is 453 g/mol. The summed E-state index contributed by atoms with van der Waals surface area (Å²) in [4.78, 5) is 38.2. The Kier molecular flexibility index (Phi) is 6.53. The zero-order valence-corrected chi connectivity index (χ0v) is 18.6. The molecule has 2 N–H and O–H groups in total. The summed E-state index contributed by atoms with van der Waals surface area (Å²) in [5, 5.41) is 12.1. The Morgan fingerprint density at radius 1 is 1.15 bits per heavy atom. The van der Waals surface area contributed by atoms with Crippen LogP contribution >= 0.6 is 0 Å². The molecule has 1 fully saturated rings. The Hall–Kier alpha value is -3.55. The second-order valence-electron chi connectivity index (χ2n) is 8.60. The van der Waals surface area contributed by atoms with Gasteiger partial charge in [-0.2, -0.15) is 0 Å². The second kappa shape index (κ2) is 9.52. The molecule has 8 heteroatoms. The van der Waals surface area contributed by atoms with Crippen molar-refractivity contribution in [2.24, 2.45) is 0 Å².